The fraction of sp³-hybridized carbons (Fsp3) is 0.625. The molecule has 1 heterocycles. The first-order valence-electron chi connectivity index (χ1n) is 7.21. The molecule has 0 atom stereocenters. The first kappa shape index (κ1) is 16.2. The Kier molecular flexibility index (Phi) is 9.44. The molecular weight excluding hydrogens is 254 g/mol. The minimum atomic E-state index is 0.416. The Morgan fingerprint density at radius 2 is 2.00 bits per heavy atom. The molecule has 0 aliphatic heterocycles. The number of ether oxygens (including phenoxy) is 1. The van der Waals surface area contributed by atoms with Gasteiger partial charge in [-0.25, -0.2) is 0 Å². The van der Waals surface area contributed by atoms with Crippen LogP contribution in [-0.2, 0) is 11.3 Å². The molecule has 0 saturated carbocycles. The zero-order chi connectivity index (χ0) is 13.8. The van der Waals surface area contributed by atoms with Crippen molar-refractivity contribution in [2.75, 3.05) is 13.2 Å². The summed E-state index contributed by atoms with van der Waals surface area (Å²) < 4.78 is 5.68. The van der Waals surface area contributed by atoms with Crippen molar-refractivity contribution in [2.45, 2.75) is 52.1 Å². The highest BCUT2D eigenvalue weighted by molar-refractivity contribution is 7.10. The zero-order valence-electron chi connectivity index (χ0n) is 11.9. The highest BCUT2D eigenvalue weighted by Gasteiger charge is 1.98. The predicted molar refractivity (Wildman–Crippen MR) is 83.3 cm³/mol. The van der Waals surface area contributed by atoms with Gasteiger partial charge in [0.15, 0.2) is 0 Å². The van der Waals surface area contributed by atoms with Crippen molar-refractivity contribution in [3.8, 4) is 11.8 Å². The van der Waals surface area contributed by atoms with Crippen LogP contribution in [0.3, 0.4) is 0 Å². The minimum absolute atomic E-state index is 0.416. The Bertz CT molecular complexity index is 389. The topological polar surface area (TPSA) is 35.2 Å². The van der Waals surface area contributed by atoms with Crippen molar-refractivity contribution in [2.24, 2.45) is 5.73 Å². The molecule has 0 aliphatic carbocycles. The summed E-state index contributed by atoms with van der Waals surface area (Å²) in [6.45, 7) is 4.24. The second kappa shape index (κ2) is 11.0. The third-order valence-electron chi connectivity index (χ3n) is 2.88. The smallest absolute Gasteiger partial charge is 0.0809 e. The lowest BCUT2D eigenvalue weighted by atomic mass is 10.1. The van der Waals surface area contributed by atoms with E-state index < -0.39 is 0 Å². The molecule has 0 radical (unpaired) electrons. The molecule has 0 saturated heterocycles. The average molecular weight is 279 g/mol. The van der Waals surface area contributed by atoms with Crippen LogP contribution >= 0.6 is 11.3 Å². The Labute approximate surface area is 121 Å². The van der Waals surface area contributed by atoms with E-state index in [1.807, 2.05) is 0 Å². The van der Waals surface area contributed by atoms with Crippen LogP contribution in [0.25, 0.3) is 0 Å². The summed E-state index contributed by atoms with van der Waals surface area (Å²) >= 11 is 1.71. The Hall–Kier alpha value is -0.820. The molecule has 1 aromatic heterocycles. The normalized spacial score (nSPS) is 10.2. The van der Waals surface area contributed by atoms with Crippen molar-refractivity contribution in [1.29, 1.82) is 0 Å². The largest absolute Gasteiger partial charge is 0.376 e. The third-order valence-corrected chi connectivity index (χ3v) is 3.79. The van der Waals surface area contributed by atoms with Gasteiger partial charge in [-0.15, -0.1) is 11.3 Å². The summed E-state index contributed by atoms with van der Waals surface area (Å²) in [6, 6.07) is 2.09. The van der Waals surface area contributed by atoms with Gasteiger partial charge in [0.05, 0.1) is 13.2 Å². The fourth-order valence-electron chi connectivity index (χ4n) is 1.83. The first-order chi connectivity index (χ1) is 9.36. The van der Waals surface area contributed by atoms with Gasteiger partial charge < -0.3 is 10.5 Å². The second-order valence-electron chi connectivity index (χ2n) is 4.63. The van der Waals surface area contributed by atoms with Crippen molar-refractivity contribution >= 4 is 11.3 Å². The molecule has 0 spiro atoms. The summed E-state index contributed by atoms with van der Waals surface area (Å²) in [5, 5.41) is 2.06. The molecule has 2 N–H and O–H groups in total. The van der Waals surface area contributed by atoms with Crippen LogP contribution in [0.5, 0.6) is 0 Å². The van der Waals surface area contributed by atoms with Crippen LogP contribution in [0.2, 0.25) is 0 Å². The lowest BCUT2D eigenvalue weighted by Gasteiger charge is -2.02. The van der Waals surface area contributed by atoms with Gasteiger partial charge in [0.25, 0.3) is 0 Å². The van der Waals surface area contributed by atoms with E-state index in [1.54, 1.807) is 11.3 Å². The van der Waals surface area contributed by atoms with Gasteiger partial charge in [0.1, 0.15) is 0 Å². The molecule has 2 nitrogen and oxygen atoms in total. The van der Waals surface area contributed by atoms with Crippen molar-refractivity contribution in [3.05, 3.63) is 21.9 Å². The van der Waals surface area contributed by atoms with Crippen LogP contribution in [0.1, 0.15) is 55.9 Å². The summed E-state index contributed by atoms with van der Waals surface area (Å²) in [6.07, 6.45) is 7.85. The maximum absolute atomic E-state index is 5.68. The van der Waals surface area contributed by atoms with Gasteiger partial charge in [-0.05, 0) is 12.5 Å². The number of hydrogen-bond acceptors (Lipinski definition) is 3. The third kappa shape index (κ3) is 8.05. The predicted octanol–water partition coefficient (Wildman–Crippen LogP) is 3.94. The highest BCUT2D eigenvalue weighted by Crippen LogP contribution is 2.15. The van der Waals surface area contributed by atoms with Crippen molar-refractivity contribution < 1.29 is 4.74 Å². The minimum Gasteiger partial charge on any atom is -0.376 e. The fourth-order valence-corrected chi connectivity index (χ4v) is 2.58. The van der Waals surface area contributed by atoms with Crippen LogP contribution < -0.4 is 5.73 Å². The molecular formula is C16H25NOS. The molecule has 0 aliphatic rings. The quantitative estimate of drug-likeness (QED) is 0.549. The van der Waals surface area contributed by atoms with Crippen molar-refractivity contribution in [1.82, 2.24) is 0 Å². The number of rotatable bonds is 9. The molecule has 106 valence electrons. The zero-order valence-corrected chi connectivity index (χ0v) is 12.7. The molecule has 19 heavy (non-hydrogen) atoms. The van der Waals surface area contributed by atoms with Crippen molar-refractivity contribution in [3.63, 3.8) is 0 Å². The van der Waals surface area contributed by atoms with Gasteiger partial charge in [-0.2, -0.15) is 0 Å². The number of thiophene rings is 1. The van der Waals surface area contributed by atoms with Gasteiger partial charge in [0, 0.05) is 22.4 Å². The van der Waals surface area contributed by atoms with E-state index in [9.17, 15) is 0 Å². The van der Waals surface area contributed by atoms with Crippen LogP contribution in [-0.4, -0.2) is 13.2 Å². The molecule has 1 aromatic rings. The van der Waals surface area contributed by atoms with Gasteiger partial charge in [-0.1, -0.05) is 50.9 Å². The van der Waals surface area contributed by atoms with Crippen LogP contribution in [0.15, 0.2) is 11.4 Å². The maximum Gasteiger partial charge on any atom is 0.0809 e. The summed E-state index contributed by atoms with van der Waals surface area (Å²) in [5.41, 5.74) is 6.39. The Morgan fingerprint density at radius 3 is 2.79 bits per heavy atom. The number of hydrogen-bond donors (Lipinski definition) is 1. The SMILES string of the molecule is CCCCCCCCOCc1cc(C#CCN)cs1. The van der Waals surface area contributed by atoms with Crippen LogP contribution in [0, 0.1) is 11.8 Å². The highest BCUT2D eigenvalue weighted by atomic mass is 32.1. The molecule has 0 aromatic carbocycles. The standard InChI is InChI=1S/C16H25NOS/c1-2-3-4-5-6-7-11-18-13-16-12-15(14-19-16)9-8-10-17/h12,14H,2-7,10-11,13,17H2,1H3. The first-order valence-corrected chi connectivity index (χ1v) is 8.09. The Morgan fingerprint density at radius 1 is 1.21 bits per heavy atom. The number of unbranched alkanes of at least 4 members (excludes halogenated alkanes) is 5. The summed E-state index contributed by atoms with van der Waals surface area (Å²) in [7, 11) is 0. The average Bonchev–Trinajstić information content (AvgIpc) is 2.87. The van der Waals surface area contributed by atoms with E-state index in [2.05, 4.69) is 30.2 Å². The maximum atomic E-state index is 5.68. The second-order valence-corrected chi connectivity index (χ2v) is 5.62. The van der Waals surface area contributed by atoms with E-state index in [0.29, 0.717) is 13.2 Å². The Balaban J connectivity index is 2.04. The van der Waals surface area contributed by atoms with Gasteiger partial charge in [-0.3, -0.25) is 0 Å². The van der Waals surface area contributed by atoms with E-state index in [1.165, 1.54) is 43.4 Å². The molecule has 0 amide bonds. The van der Waals surface area contributed by atoms with E-state index in [-0.39, 0.29) is 0 Å². The van der Waals surface area contributed by atoms with Gasteiger partial charge in [0.2, 0.25) is 0 Å². The molecule has 0 fully saturated rings. The summed E-state index contributed by atoms with van der Waals surface area (Å²) in [5.74, 6) is 5.90. The monoisotopic (exact) mass is 279 g/mol. The van der Waals surface area contributed by atoms with Gasteiger partial charge >= 0.3 is 0 Å². The summed E-state index contributed by atoms with van der Waals surface area (Å²) in [4.78, 5) is 1.24. The molecule has 0 bridgehead atoms. The van der Waals surface area contributed by atoms with E-state index in [0.717, 1.165) is 12.2 Å². The van der Waals surface area contributed by atoms with E-state index >= 15 is 0 Å². The molecule has 0 unspecified atom stereocenters. The lowest BCUT2D eigenvalue weighted by Crippen LogP contribution is -1.94. The van der Waals surface area contributed by atoms with Crippen LogP contribution in [0.4, 0.5) is 0 Å². The molecule has 1 rings (SSSR count). The lowest BCUT2D eigenvalue weighted by molar-refractivity contribution is 0.118. The molecule has 3 heteroatoms. The van der Waals surface area contributed by atoms with E-state index in [4.69, 9.17) is 10.5 Å². The number of nitrogens with two attached hydrogens (primary N) is 1.